The number of benzene rings is 1. The average Bonchev–Trinajstić information content (AvgIpc) is 3.08. The van der Waals surface area contributed by atoms with E-state index in [1.54, 1.807) is 0 Å². The van der Waals surface area contributed by atoms with Crippen LogP contribution in [0.5, 0.6) is 5.75 Å². The Morgan fingerprint density at radius 3 is 2.30 bits per heavy atom. The average molecular weight is 376 g/mol. The highest BCUT2D eigenvalue weighted by Gasteiger charge is 2.14. The van der Waals surface area contributed by atoms with Crippen molar-refractivity contribution in [2.24, 2.45) is 0 Å². The summed E-state index contributed by atoms with van der Waals surface area (Å²) in [6.07, 6.45) is 7.83. The highest BCUT2D eigenvalue weighted by Crippen LogP contribution is 2.27. The molecule has 0 aliphatic heterocycles. The third kappa shape index (κ3) is 8.40. The summed E-state index contributed by atoms with van der Waals surface area (Å²) >= 11 is 0. The van der Waals surface area contributed by atoms with E-state index in [1.807, 2.05) is 18.7 Å². The first-order chi connectivity index (χ1) is 12.6. The number of aromatic nitrogens is 2. The van der Waals surface area contributed by atoms with Crippen molar-refractivity contribution in [1.29, 1.82) is 0 Å². The number of unbranched alkanes of at least 4 members (excludes halogenated alkanes) is 1. The summed E-state index contributed by atoms with van der Waals surface area (Å²) in [7, 11) is 0. The van der Waals surface area contributed by atoms with Crippen LogP contribution in [0.25, 0.3) is 0 Å². The minimum Gasteiger partial charge on any atom is -0.493 e. The van der Waals surface area contributed by atoms with E-state index < -0.39 is 11.9 Å². The number of carboxylic acid groups (broad SMARTS) is 2. The van der Waals surface area contributed by atoms with E-state index in [-0.39, 0.29) is 5.41 Å². The quantitative estimate of drug-likeness (QED) is 0.591. The molecule has 0 amide bonds. The first-order valence-electron chi connectivity index (χ1n) is 8.77. The van der Waals surface area contributed by atoms with E-state index in [2.05, 4.69) is 55.4 Å². The number of nitrogens with zero attached hydrogens (tertiary/aromatic N) is 2. The van der Waals surface area contributed by atoms with Crippen LogP contribution in [0.3, 0.4) is 0 Å². The van der Waals surface area contributed by atoms with Crippen LogP contribution in [-0.2, 0) is 21.5 Å². The number of imidazole rings is 1. The predicted molar refractivity (Wildman–Crippen MR) is 102 cm³/mol. The van der Waals surface area contributed by atoms with Gasteiger partial charge < -0.3 is 19.5 Å². The summed E-state index contributed by atoms with van der Waals surface area (Å²) in [5.74, 6) is -2.64. The lowest BCUT2D eigenvalue weighted by atomic mass is 9.86. The molecule has 1 aromatic heterocycles. The van der Waals surface area contributed by atoms with Gasteiger partial charge in [0.15, 0.2) is 0 Å². The lowest BCUT2D eigenvalue weighted by molar-refractivity contribution is -0.159. The summed E-state index contributed by atoms with van der Waals surface area (Å²) in [6.45, 7) is 10.6. The van der Waals surface area contributed by atoms with Gasteiger partial charge in [-0.2, -0.15) is 0 Å². The largest absolute Gasteiger partial charge is 0.493 e. The first-order valence-corrected chi connectivity index (χ1v) is 8.77. The Bertz CT molecular complexity index is 721. The van der Waals surface area contributed by atoms with Crippen LogP contribution in [0, 0.1) is 6.92 Å². The molecule has 0 fully saturated rings. The van der Waals surface area contributed by atoms with Crippen LogP contribution in [0.2, 0.25) is 0 Å². The molecule has 0 saturated heterocycles. The second-order valence-electron chi connectivity index (χ2n) is 7.20. The van der Waals surface area contributed by atoms with Gasteiger partial charge in [-0.05, 0) is 42.4 Å². The summed E-state index contributed by atoms with van der Waals surface area (Å²) in [6, 6.07) is 6.51. The SMILES string of the molecule is Cc1cc(C(C)(C)C)ccc1OCCCCn1ccnc1.O=C(O)C(=O)O. The van der Waals surface area contributed by atoms with Gasteiger partial charge in [-0.1, -0.05) is 32.9 Å². The number of ether oxygens (including phenoxy) is 1. The number of aliphatic carboxylic acids is 2. The molecule has 2 rings (SSSR count). The highest BCUT2D eigenvalue weighted by atomic mass is 16.5. The zero-order chi connectivity index (χ0) is 20.4. The van der Waals surface area contributed by atoms with Gasteiger partial charge in [0.05, 0.1) is 12.9 Å². The molecule has 1 aromatic carbocycles. The molecule has 7 nitrogen and oxygen atoms in total. The summed E-state index contributed by atoms with van der Waals surface area (Å²) in [5.41, 5.74) is 2.76. The number of carbonyl (C=O) groups is 2. The Labute approximate surface area is 159 Å². The Hall–Kier alpha value is -2.83. The van der Waals surface area contributed by atoms with Crippen molar-refractivity contribution >= 4 is 11.9 Å². The van der Waals surface area contributed by atoms with Gasteiger partial charge in [-0.15, -0.1) is 0 Å². The fourth-order valence-corrected chi connectivity index (χ4v) is 2.28. The van der Waals surface area contributed by atoms with Gasteiger partial charge in [0.25, 0.3) is 0 Å². The highest BCUT2D eigenvalue weighted by molar-refractivity contribution is 6.27. The zero-order valence-electron chi connectivity index (χ0n) is 16.3. The van der Waals surface area contributed by atoms with Crippen LogP contribution < -0.4 is 4.74 Å². The Balaban J connectivity index is 0.000000527. The second-order valence-corrected chi connectivity index (χ2v) is 7.20. The number of hydrogen-bond acceptors (Lipinski definition) is 4. The molecule has 1 heterocycles. The van der Waals surface area contributed by atoms with Crippen molar-refractivity contribution < 1.29 is 24.5 Å². The number of carboxylic acids is 2. The molecule has 0 saturated carbocycles. The summed E-state index contributed by atoms with van der Waals surface area (Å²) in [4.78, 5) is 22.2. The summed E-state index contributed by atoms with van der Waals surface area (Å²) in [5, 5.41) is 14.8. The van der Waals surface area contributed by atoms with E-state index in [1.165, 1.54) is 11.1 Å². The Kier molecular flexibility index (Phi) is 8.51. The van der Waals surface area contributed by atoms with Gasteiger partial charge >= 0.3 is 11.9 Å². The van der Waals surface area contributed by atoms with Crippen molar-refractivity contribution in [2.45, 2.75) is 52.5 Å². The van der Waals surface area contributed by atoms with Gasteiger partial charge in [0.1, 0.15) is 5.75 Å². The molecule has 0 radical (unpaired) electrons. The molecule has 0 aliphatic rings. The van der Waals surface area contributed by atoms with E-state index in [9.17, 15) is 0 Å². The molecule has 148 valence electrons. The van der Waals surface area contributed by atoms with Crippen LogP contribution in [0.4, 0.5) is 0 Å². The van der Waals surface area contributed by atoms with Gasteiger partial charge in [-0.3, -0.25) is 0 Å². The van der Waals surface area contributed by atoms with Crippen molar-refractivity contribution in [2.75, 3.05) is 6.61 Å². The molecule has 7 heteroatoms. The predicted octanol–water partition coefficient (Wildman–Crippen LogP) is 3.50. The molecule has 0 bridgehead atoms. The maximum atomic E-state index is 9.10. The van der Waals surface area contributed by atoms with Crippen LogP contribution in [0.15, 0.2) is 36.9 Å². The Morgan fingerprint density at radius 2 is 1.81 bits per heavy atom. The van der Waals surface area contributed by atoms with E-state index >= 15 is 0 Å². The maximum Gasteiger partial charge on any atom is 0.414 e. The van der Waals surface area contributed by atoms with Gasteiger partial charge in [0, 0.05) is 18.9 Å². The zero-order valence-corrected chi connectivity index (χ0v) is 16.3. The number of rotatable bonds is 6. The molecule has 2 N–H and O–H groups in total. The fraction of sp³-hybridized carbons (Fsp3) is 0.450. The molecular weight excluding hydrogens is 348 g/mol. The van der Waals surface area contributed by atoms with E-state index in [0.29, 0.717) is 0 Å². The normalized spacial score (nSPS) is 10.7. The van der Waals surface area contributed by atoms with E-state index in [0.717, 1.165) is 31.7 Å². The third-order valence-corrected chi connectivity index (χ3v) is 3.85. The van der Waals surface area contributed by atoms with Crippen molar-refractivity contribution in [3.05, 3.63) is 48.0 Å². The minimum atomic E-state index is -1.82. The van der Waals surface area contributed by atoms with Crippen LogP contribution in [0.1, 0.15) is 44.7 Å². The summed E-state index contributed by atoms with van der Waals surface area (Å²) < 4.78 is 8.00. The van der Waals surface area contributed by atoms with Gasteiger partial charge in [0.2, 0.25) is 0 Å². The van der Waals surface area contributed by atoms with Crippen molar-refractivity contribution in [1.82, 2.24) is 9.55 Å². The molecule has 0 unspecified atom stereocenters. The van der Waals surface area contributed by atoms with Crippen molar-refractivity contribution in [3.63, 3.8) is 0 Å². The molecule has 0 spiro atoms. The van der Waals surface area contributed by atoms with Gasteiger partial charge in [-0.25, -0.2) is 14.6 Å². The standard InChI is InChI=1S/C18H26N2O.C2H2O4/c1-15-13-16(18(2,3)4)7-8-17(15)21-12-6-5-10-20-11-9-19-14-20;3-1(4)2(5)6/h7-9,11,13-14H,5-6,10,12H2,1-4H3;(H,3,4)(H,5,6). The number of aryl methyl sites for hydroxylation is 2. The smallest absolute Gasteiger partial charge is 0.414 e. The maximum absolute atomic E-state index is 9.10. The molecule has 0 aliphatic carbocycles. The first kappa shape index (κ1) is 22.2. The topological polar surface area (TPSA) is 102 Å². The molecule has 0 atom stereocenters. The van der Waals surface area contributed by atoms with Crippen LogP contribution in [-0.4, -0.2) is 38.3 Å². The molecular formula is C20H28N2O5. The lowest BCUT2D eigenvalue weighted by Crippen LogP contribution is -2.11. The Morgan fingerprint density at radius 1 is 1.15 bits per heavy atom. The van der Waals surface area contributed by atoms with Crippen molar-refractivity contribution in [3.8, 4) is 5.75 Å². The monoisotopic (exact) mass is 376 g/mol. The van der Waals surface area contributed by atoms with Crippen LogP contribution >= 0.6 is 0 Å². The lowest BCUT2D eigenvalue weighted by Gasteiger charge is -2.20. The molecule has 27 heavy (non-hydrogen) atoms. The van der Waals surface area contributed by atoms with E-state index in [4.69, 9.17) is 24.5 Å². The second kappa shape index (κ2) is 10.4. The number of hydrogen-bond donors (Lipinski definition) is 2. The molecule has 2 aromatic rings. The fourth-order valence-electron chi connectivity index (χ4n) is 2.28. The minimum absolute atomic E-state index is 0.189. The third-order valence-electron chi connectivity index (χ3n) is 3.85.